The molecule has 1 aromatic heterocycles. The van der Waals surface area contributed by atoms with E-state index in [0.29, 0.717) is 22.4 Å². The van der Waals surface area contributed by atoms with E-state index >= 15 is 0 Å². The minimum atomic E-state index is -0.626. The summed E-state index contributed by atoms with van der Waals surface area (Å²) in [6.45, 7) is 8.44. The van der Waals surface area contributed by atoms with Crippen molar-refractivity contribution in [3.8, 4) is 11.5 Å². The van der Waals surface area contributed by atoms with Gasteiger partial charge in [0.15, 0.2) is 0 Å². The van der Waals surface area contributed by atoms with Crippen LogP contribution in [-0.4, -0.2) is 34.6 Å². The van der Waals surface area contributed by atoms with Crippen LogP contribution in [0.15, 0.2) is 75.5 Å². The zero-order valence-electron chi connectivity index (χ0n) is 20.1. The molecule has 1 aliphatic heterocycles. The lowest BCUT2D eigenvalue weighted by molar-refractivity contribution is -0.139. The van der Waals surface area contributed by atoms with Gasteiger partial charge >= 0.3 is 12.0 Å². The van der Waals surface area contributed by atoms with Crippen LogP contribution in [-0.2, 0) is 14.9 Å². The number of nitrogens with one attached hydrogen (secondary N) is 2. The molecule has 0 radical (unpaired) electrons. The van der Waals surface area contributed by atoms with E-state index < -0.39 is 18.0 Å². The smallest absolute Gasteiger partial charge is 0.338 e. The van der Waals surface area contributed by atoms with Crippen molar-refractivity contribution >= 4 is 23.8 Å². The summed E-state index contributed by atoms with van der Waals surface area (Å²) in [5.41, 5.74) is 3.66. The molecule has 8 nitrogen and oxygen atoms in total. The molecule has 35 heavy (non-hydrogen) atoms. The van der Waals surface area contributed by atoms with Gasteiger partial charge in [0.25, 0.3) is 5.22 Å². The first kappa shape index (κ1) is 24.5. The summed E-state index contributed by atoms with van der Waals surface area (Å²) < 4.78 is 11.1. The Morgan fingerprint density at radius 2 is 1.80 bits per heavy atom. The highest BCUT2D eigenvalue weighted by Crippen LogP contribution is 2.32. The number of hydrogen-bond acceptors (Lipinski definition) is 7. The van der Waals surface area contributed by atoms with E-state index in [1.807, 2.05) is 42.5 Å². The SMILES string of the molecule is CCOC(=O)C1=C(CSc2nnc(-c3ccc(C(C)(C)C)cc3)o2)NC(=O)NC1c1ccccc1. The number of carbonyl (C=O) groups excluding carboxylic acids is 2. The predicted octanol–water partition coefficient (Wildman–Crippen LogP) is 5.00. The lowest BCUT2D eigenvalue weighted by Gasteiger charge is -2.29. The molecule has 0 bridgehead atoms. The quantitative estimate of drug-likeness (QED) is 0.353. The second-order valence-electron chi connectivity index (χ2n) is 9.04. The molecular weight excluding hydrogens is 464 g/mol. The standard InChI is InChI=1S/C26H28N4O4S/c1-5-33-23(31)20-19(27-24(32)28-21(20)16-9-7-6-8-10-16)15-35-25-30-29-22(34-25)17-11-13-18(14-12-17)26(2,3)4/h6-14,21H,5,15H2,1-4H3,(H2,27,28,32). The van der Waals surface area contributed by atoms with Crippen molar-refractivity contribution in [3.05, 3.63) is 77.0 Å². The van der Waals surface area contributed by atoms with Gasteiger partial charge in [-0.2, -0.15) is 0 Å². The van der Waals surface area contributed by atoms with E-state index in [1.165, 1.54) is 17.3 Å². The fourth-order valence-corrected chi connectivity index (χ4v) is 4.44. The molecule has 4 rings (SSSR count). The number of urea groups is 1. The zero-order chi connectivity index (χ0) is 25.0. The molecule has 2 aromatic carbocycles. The minimum Gasteiger partial charge on any atom is -0.463 e. The Morgan fingerprint density at radius 1 is 1.09 bits per heavy atom. The summed E-state index contributed by atoms with van der Waals surface area (Å²) in [7, 11) is 0. The van der Waals surface area contributed by atoms with E-state index in [1.54, 1.807) is 6.92 Å². The molecule has 0 saturated carbocycles. The number of benzene rings is 2. The molecule has 0 fully saturated rings. The van der Waals surface area contributed by atoms with E-state index in [9.17, 15) is 9.59 Å². The third-order valence-electron chi connectivity index (χ3n) is 5.53. The Balaban J connectivity index is 1.56. The average Bonchev–Trinajstić information content (AvgIpc) is 3.31. The Hall–Kier alpha value is -3.59. The van der Waals surface area contributed by atoms with Crippen molar-refractivity contribution in [1.29, 1.82) is 0 Å². The van der Waals surface area contributed by atoms with Crippen molar-refractivity contribution in [3.63, 3.8) is 0 Å². The third-order valence-corrected chi connectivity index (χ3v) is 6.37. The molecule has 1 unspecified atom stereocenters. The maximum atomic E-state index is 12.9. The lowest BCUT2D eigenvalue weighted by Crippen LogP contribution is -2.46. The number of esters is 1. The maximum absolute atomic E-state index is 12.9. The molecule has 0 aliphatic carbocycles. The number of thioether (sulfide) groups is 1. The number of carbonyl (C=O) groups is 2. The summed E-state index contributed by atoms with van der Waals surface area (Å²) >= 11 is 1.24. The number of amides is 2. The van der Waals surface area contributed by atoms with Crippen LogP contribution in [0.2, 0.25) is 0 Å². The summed E-state index contributed by atoms with van der Waals surface area (Å²) in [5, 5.41) is 14.2. The van der Waals surface area contributed by atoms with E-state index in [4.69, 9.17) is 9.15 Å². The van der Waals surface area contributed by atoms with Crippen LogP contribution >= 0.6 is 11.8 Å². The molecule has 182 valence electrons. The largest absolute Gasteiger partial charge is 0.463 e. The van der Waals surface area contributed by atoms with Crippen LogP contribution in [0.25, 0.3) is 11.5 Å². The molecule has 1 atom stereocenters. The summed E-state index contributed by atoms with van der Waals surface area (Å²) in [6, 6.07) is 16.3. The minimum absolute atomic E-state index is 0.0512. The van der Waals surface area contributed by atoms with Gasteiger partial charge in [0.05, 0.1) is 18.2 Å². The number of ether oxygens (including phenoxy) is 1. The topological polar surface area (TPSA) is 106 Å². The van der Waals surface area contributed by atoms with Crippen molar-refractivity contribution in [2.24, 2.45) is 0 Å². The van der Waals surface area contributed by atoms with Crippen LogP contribution in [0.5, 0.6) is 0 Å². The van der Waals surface area contributed by atoms with Crippen molar-refractivity contribution in [1.82, 2.24) is 20.8 Å². The summed E-state index contributed by atoms with van der Waals surface area (Å²) in [6.07, 6.45) is 0. The van der Waals surface area contributed by atoms with Crippen molar-refractivity contribution in [2.75, 3.05) is 12.4 Å². The average molecular weight is 493 g/mol. The Bertz CT molecular complexity index is 1230. The fraction of sp³-hybridized carbons (Fsp3) is 0.308. The maximum Gasteiger partial charge on any atom is 0.338 e. The van der Waals surface area contributed by atoms with Gasteiger partial charge in [-0.25, -0.2) is 9.59 Å². The molecule has 2 N–H and O–H groups in total. The summed E-state index contributed by atoms with van der Waals surface area (Å²) in [5.74, 6) is 0.161. The number of aromatic nitrogens is 2. The fourth-order valence-electron chi connectivity index (χ4n) is 3.71. The van der Waals surface area contributed by atoms with Gasteiger partial charge in [-0.15, -0.1) is 10.2 Å². The molecule has 1 aliphatic rings. The van der Waals surface area contributed by atoms with Crippen LogP contribution in [0.3, 0.4) is 0 Å². The highest BCUT2D eigenvalue weighted by atomic mass is 32.2. The summed E-state index contributed by atoms with van der Waals surface area (Å²) in [4.78, 5) is 25.3. The highest BCUT2D eigenvalue weighted by Gasteiger charge is 2.33. The van der Waals surface area contributed by atoms with Crippen LogP contribution in [0, 0.1) is 0 Å². The van der Waals surface area contributed by atoms with E-state index in [0.717, 1.165) is 11.1 Å². The molecule has 9 heteroatoms. The van der Waals surface area contributed by atoms with Gasteiger partial charge < -0.3 is 19.8 Å². The van der Waals surface area contributed by atoms with Crippen LogP contribution in [0.1, 0.15) is 44.9 Å². The predicted molar refractivity (Wildman–Crippen MR) is 134 cm³/mol. The lowest BCUT2D eigenvalue weighted by atomic mass is 9.87. The molecule has 2 heterocycles. The first-order valence-corrected chi connectivity index (χ1v) is 12.3. The van der Waals surface area contributed by atoms with Gasteiger partial charge in [-0.3, -0.25) is 0 Å². The Kier molecular flexibility index (Phi) is 7.25. The van der Waals surface area contributed by atoms with Crippen molar-refractivity contribution < 1.29 is 18.7 Å². The molecule has 3 aromatic rings. The second-order valence-corrected chi connectivity index (χ2v) is 9.97. The zero-order valence-corrected chi connectivity index (χ0v) is 20.9. The third kappa shape index (κ3) is 5.74. The monoisotopic (exact) mass is 492 g/mol. The molecule has 0 saturated heterocycles. The normalized spacial score (nSPS) is 16.0. The van der Waals surface area contributed by atoms with Crippen molar-refractivity contribution in [2.45, 2.75) is 44.4 Å². The first-order chi connectivity index (χ1) is 16.8. The van der Waals surface area contributed by atoms with E-state index in [2.05, 4.69) is 53.7 Å². The first-order valence-electron chi connectivity index (χ1n) is 11.4. The van der Waals surface area contributed by atoms with Gasteiger partial charge in [0.2, 0.25) is 5.89 Å². The second kappa shape index (κ2) is 10.4. The van der Waals surface area contributed by atoms with Gasteiger partial charge in [-0.05, 0) is 35.6 Å². The van der Waals surface area contributed by atoms with Crippen LogP contribution < -0.4 is 10.6 Å². The van der Waals surface area contributed by atoms with Gasteiger partial charge in [0, 0.05) is 17.0 Å². The number of rotatable bonds is 7. The Morgan fingerprint density at radius 3 is 2.46 bits per heavy atom. The number of nitrogens with zero attached hydrogens (tertiary/aromatic N) is 2. The van der Waals surface area contributed by atoms with E-state index in [-0.39, 0.29) is 17.8 Å². The molecule has 0 spiro atoms. The van der Waals surface area contributed by atoms with Gasteiger partial charge in [-0.1, -0.05) is 75.0 Å². The molecule has 2 amide bonds. The Labute approximate surface area is 208 Å². The van der Waals surface area contributed by atoms with Gasteiger partial charge in [0.1, 0.15) is 0 Å². The number of hydrogen-bond donors (Lipinski definition) is 2. The van der Waals surface area contributed by atoms with Crippen LogP contribution in [0.4, 0.5) is 4.79 Å². The highest BCUT2D eigenvalue weighted by molar-refractivity contribution is 7.99. The molecular formula is C26H28N4O4S.